The summed E-state index contributed by atoms with van der Waals surface area (Å²) >= 11 is 0. The van der Waals surface area contributed by atoms with E-state index in [1.165, 1.54) is 56.9 Å². The molecular formula is C19H28. The average Bonchev–Trinajstić information content (AvgIpc) is 2.98. The van der Waals surface area contributed by atoms with Crippen LogP contribution in [-0.4, -0.2) is 0 Å². The Morgan fingerprint density at radius 1 is 1.21 bits per heavy atom. The molecule has 0 saturated heterocycles. The van der Waals surface area contributed by atoms with Crippen molar-refractivity contribution < 1.29 is 0 Å². The number of rotatable bonds is 6. The molecule has 0 nitrogen and oxygen atoms in total. The van der Waals surface area contributed by atoms with E-state index in [1.54, 1.807) is 5.57 Å². The third kappa shape index (κ3) is 4.86. The molecular weight excluding hydrogens is 228 g/mol. The van der Waals surface area contributed by atoms with Crippen LogP contribution in [0.3, 0.4) is 0 Å². The van der Waals surface area contributed by atoms with Crippen LogP contribution in [-0.2, 0) is 0 Å². The first-order chi connectivity index (χ1) is 9.25. The summed E-state index contributed by atoms with van der Waals surface area (Å²) in [5, 5.41) is 0. The highest BCUT2D eigenvalue weighted by atomic mass is 14.3. The van der Waals surface area contributed by atoms with Crippen LogP contribution in [0.1, 0.15) is 58.3 Å². The summed E-state index contributed by atoms with van der Waals surface area (Å²) in [6.07, 6.45) is 21.8. The molecule has 2 rings (SSSR count). The molecule has 0 aliphatic heterocycles. The zero-order chi connectivity index (χ0) is 13.5. The van der Waals surface area contributed by atoms with Crippen molar-refractivity contribution in [1.82, 2.24) is 0 Å². The first kappa shape index (κ1) is 14.4. The van der Waals surface area contributed by atoms with E-state index in [2.05, 4.69) is 43.9 Å². The van der Waals surface area contributed by atoms with E-state index in [0.717, 1.165) is 11.8 Å². The second-order valence-electron chi connectivity index (χ2n) is 6.25. The van der Waals surface area contributed by atoms with Gasteiger partial charge in [-0.2, -0.15) is 0 Å². The molecule has 19 heavy (non-hydrogen) atoms. The van der Waals surface area contributed by atoms with Crippen LogP contribution < -0.4 is 0 Å². The molecule has 1 unspecified atom stereocenters. The van der Waals surface area contributed by atoms with Crippen LogP contribution in [0, 0.1) is 11.8 Å². The predicted molar refractivity (Wildman–Crippen MR) is 85.1 cm³/mol. The lowest BCUT2D eigenvalue weighted by molar-refractivity contribution is 0.423. The SMILES string of the molecule is C=C1CC(C/C=C/CC/C=C/C2=CCCC2)[C@H](C)C1. The largest absolute Gasteiger partial charge is 0.0998 e. The molecule has 0 radical (unpaired) electrons. The molecule has 1 fully saturated rings. The minimum absolute atomic E-state index is 0.839. The summed E-state index contributed by atoms with van der Waals surface area (Å²) in [5.74, 6) is 1.69. The van der Waals surface area contributed by atoms with Crippen molar-refractivity contribution in [2.75, 3.05) is 0 Å². The summed E-state index contributed by atoms with van der Waals surface area (Å²) in [4.78, 5) is 0. The van der Waals surface area contributed by atoms with Crippen LogP contribution >= 0.6 is 0 Å². The van der Waals surface area contributed by atoms with Crippen molar-refractivity contribution in [3.05, 3.63) is 48.1 Å². The van der Waals surface area contributed by atoms with Crippen LogP contribution in [0.25, 0.3) is 0 Å². The number of hydrogen-bond donors (Lipinski definition) is 0. The van der Waals surface area contributed by atoms with Gasteiger partial charge >= 0.3 is 0 Å². The van der Waals surface area contributed by atoms with Crippen molar-refractivity contribution in [2.45, 2.75) is 58.3 Å². The molecule has 2 aliphatic carbocycles. The Morgan fingerprint density at radius 2 is 2.05 bits per heavy atom. The molecule has 0 heteroatoms. The third-order valence-electron chi connectivity index (χ3n) is 4.48. The normalized spacial score (nSPS) is 27.8. The first-order valence-corrected chi connectivity index (χ1v) is 7.93. The van der Waals surface area contributed by atoms with E-state index in [9.17, 15) is 0 Å². The number of hydrogen-bond acceptors (Lipinski definition) is 0. The van der Waals surface area contributed by atoms with Gasteiger partial charge in [0, 0.05) is 0 Å². The van der Waals surface area contributed by atoms with Gasteiger partial charge in [0.25, 0.3) is 0 Å². The lowest BCUT2D eigenvalue weighted by Gasteiger charge is -2.11. The molecule has 1 saturated carbocycles. The molecule has 0 N–H and O–H groups in total. The highest BCUT2D eigenvalue weighted by Gasteiger charge is 2.24. The van der Waals surface area contributed by atoms with Crippen molar-refractivity contribution in [2.24, 2.45) is 11.8 Å². The van der Waals surface area contributed by atoms with Gasteiger partial charge in [-0.15, -0.1) is 0 Å². The standard InChI is InChI=1S/C19H28/c1-16-14-17(2)19(15-16)13-7-5-3-4-6-10-18-11-8-9-12-18/h5-7,10-11,17,19H,1,3-4,8-9,12-15H2,2H3/b7-5+,10-6+/t17-,19?/m1/s1. The monoisotopic (exact) mass is 256 g/mol. The van der Waals surface area contributed by atoms with Crippen LogP contribution in [0.2, 0.25) is 0 Å². The maximum absolute atomic E-state index is 4.12. The van der Waals surface area contributed by atoms with E-state index in [1.807, 2.05) is 0 Å². The van der Waals surface area contributed by atoms with E-state index in [-0.39, 0.29) is 0 Å². The minimum Gasteiger partial charge on any atom is -0.0998 e. The Labute approximate surface area is 119 Å². The van der Waals surface area contributed by atoms with E-state index in [4.69, 9.17) is 0 Å². The lowest BCUT2D eigenvalue weighted by atomic mass is 9.94. The zero-order valence-electron chi connectivity index (χ0n) is 12.4. The van der Waals surface area contributed by atoms with Gasteiger partial charge in [0.1, 0.15) is 0 Å². The van der Waals surface area contributed by atoms with Gasteiger partial charge in [-0.25, -0.2) is 0 Å². The Morgan fingerprint density at radius 3 is 2.74 bits per heavy atom. The highest BCUT2D eigenvalue weighted by Crippen LogP contribution is 2.36. The Kier molecular flexibility index (Phi) is 5.69. The van der Waals surface area contributed by atoms with Crippen LogP contribution in [0.15, 0.2) is 48.1 Å². The summed E-state index contributed by atoms with van der Waals surface area (Å²) in [5.41, 5.74) is 3.00. The van der Waals surface area contributed by atoms with Gasteiger partial charge in [-0.1, -0.05) is 55.0 Å². The quantitative estimate of drug-likeness (QED) is 0.405. The maximum atomic E-state index is 4.12. The molecule has 0 aromatic rings. The molecule has 0 spiro atoms. The highest BCUT2D eigenvalue weighted by molar-refractivity contribution is 5.21. The van der Waals surface area contributed by atoms with Crippen molar-refractivity contribution >= 4 is 0 Å². The summed E-state index contributed by atoms with van der Waals surface area (Å²) in [7, 11) is 0. The average molecular weight is 256 g/mol. The van der Waals surface area contributed by atoms with Gasteiger partial charge in [0.05, 0.1) is 0 Å². The summed E-state index contributed by atoms with van der Waals surface area (Å²) in [6, 6.07) is 0. The first-order valence-electron chi connectivity index (χ1n) is 7.93. The van der Waals surface area contributed by atoms with E-state index < -0.39 is 0 Å². The fourth-order valence-corrected chi connectivity index (χ4v) is 3.26. The Bertz CT molecular complexity index is 381. The van der Waals surface area contributed by atoms with Crippen molar-refractivity contribution in [1.29, 1.82) is 0 Å². The van der Waals surface area contributed by atoms with Gasteiger partial charge in [-0.05, 0) is 63.2 Å². The van der Waals surface area contributed by atoms with Crippen molar-refractivity contribution in [3.63, 3.8) is 0 Å². The fourth-order valence-electron chi connectivity index (χ4n) is 3.26. The number of allylic oxidation sites excluding steroid dienone is 7. The van der Waals surface area contributed by atoms with Crippen molar-refractivity contribution in [3.8, 4) is 0 Å². The molecule has 0 heterocycles. The Balaban J connectivity index is 1.58. The van der Waals surface area contributed by atoms with E-state index >= 15 is 0 Å². The predicted octanol–water partition coefficient (Wildman–Crippen LogP) is 5.98. The molecule has 0 aromatic heterocycles. The van der Waals surface area contributed by atoms with Gasteiger partial charge in [0.15, 0.2) is 0 Å². The Hall–Kier alpha value is -1.04. The molecule has 0 aromatic carbocycles. The van der Waals surface area contributed by atoms with Crippen LogP contribution in [0.4, 0.5) is 0 Å². The van der Waals surface area contributed by atoms with E-state index in [0.29, 0.717) is 0 Å². The third-order valence-corrected chi connectivity index (χ3v) is 4.48. The summed E-state index contributed by atoms with van der Waals surface area (Å²) in [6.45, 7) is 6.49. The zero-order valence-corrected chi connectivity index (χ0v) is 12.4. The van der Waals surface area contributed by atoms with Gasteiger partial charge in [0.2, 0.25) is 0 Å². The molecule has 2 atom stereocenters. The summed E-state index contributed by atoms with van der Waals surface area (Å²) < 4.78 is 0. The minimum atomic E-state index is 0.839. The number of unbranched alkanes of at least 4 members (excludes halogenated alkanes) is 1. The van der Waals surface area contributed by atoms with Gasteiger partial charge in [-0.3, -0.25) is 0 Å². The smallest absolute Gasteiger partial charge is 0.0279 e. The second-order valence-corrected chi connectivity index (χ2v) is 6.25. The molecule has 104 valence electrons. The van der Waals surface area contributed by atoms with Crippen LogP contribution in [0.5, 0.6) is 0 Å². The molecule has 2 aliphatic rings. The lowest BCUT2D eigenvalue weighted by Crippen LogP contribution is -2.01. The topological polar surface area (TPSA) is 0 Å². The second kappa shape index (κ2) is 7.53. The fraction of sp³-hybridized carbons (Fsp3) is 0.579. The molecule has 0 amide bonds. The maximum Gasteiger partial charge on any atom is -0.0279 e. The molecule has 0 bridgehead atoms. The van der Waals surface area contributed by atoms with Gasteiger partial charge < -0.3 is 0 Å².